The molecule has 2 unspecified atom stereocenters. The highest BCUT2D eigenvalue weighted by Gasteiger charge is 2.30. The van der Waals surface area contributed by atoms with E-state index in [2.05, 4.69) is 29.2 Å². The van der Waals surface area contributed by atoms with Gasteiger partial charge in [0.05, 0.1) is 0 Å². The Morgan fingerprint density at radius 3 is 2.89 bits per heavy atom. The SMILES string of the molecule is NCC1CCN(C2CCCCc3ccccc32)C1. The van der Waals surface area contributed by atoms with Crippen LogP contribution in [-0.4, -0.2) is 24.5 Å². The highest BCUT2D eigenvalue weighted by atomic mass is 15.2. The molecule has 2 nitrogen and oxygen atoms in total. The molecule has 0 aromatic heterocycles. The van der Waals surface area contributed by atoms with Crippen LogP contribution in [0.15, 0.2) is 24.3 Å². The molecule has 1 aromatic carbocycles. The molecule has 1 saturated heterocycles. The van der Waals surface area contributed by atoms with E-state index in [4.69, 9.17) is 5.73 Å². The number of fused-ring (bicyclic) bond motifs is 1. The third kappa shape index (κ3) is 2.32. The second-order valence-corrected chi connectivity index (χ2v) is 5.85. The van der Waals surface area contributed by atoms with Gasteiger partial charge in [0.2, 0.25) is 0 Å². The van der Waals surface area contributed by atoms with Gasteiger partial charge in [0, 0.05) is 12.6 Å². The van der Waals surface area contributed by atoms with E-state index in [0.717, 1.165) is 12.5 Å². The lowest BCUT2D eigenvalue weighted by molar-refractivity contribution is 0.224. The Morgan fingerprint density at radius 2 is 2.06 bits per heavy atom. The Morgan fingerprint density at radius 1 is 1.17 bits per heavy atom. The highest BCUT2D eigenvalue weighted by Crippen LogP contribution is 2.35. The summed E-state index contributed by atoms with van der Waals surface area (Å²) in [5.41, 5.74) is 8.99. The number of rotatable bonds is 2. The topological polar surface area (TPSA) is 29.3 Å². The number of hydrogen-bond donors (Lipinski definition) is 1. The van der Waals surface area contributed by atoms with E-state index in [1.165, 1.54) is 45.2 Å². The zero-order chi connectivity index (χ0) is 12.4. The minimum Gasteiger partial charge on any atom is -0.330 e. The van der Waals surface area contributed by atoms with Crippen molar-refractivity contribution in [2.75, 3.05) is 19.6 Å². The summed E-state index contributed by atoms with van der Waals surface area (Å²) >= 11 is 0. The smallest absolute Gasteiger partial charge is 0.0350 e. The van der Waals surface area contributed by atoms with Crippen LogP contribution in [0.2, 0.25) is 0 Å². The summed E-state index contributed by atoms with van der Waals surface area (Å²) in [6.07, 6.45) is 6.59. The summed E-state index contributed by atoms with van der Waals surface area (Å²) in [6.45, 7) is 3.29. The van der Waals surface area contributed by atoms with Crippen molar-refractivity contribution in [3.05, 3.63) is 35.4 Å². The molecule has 1 aliphatic heterocycles. The third-order valence-electron chi connectivity index (χ3n) is 4.68. The number of aryl methyl sites for hydroxylation is 1. The first-order valence-corrected chi connectivity index (χ1v) is 7.40. The van der Waals surface area contributed by atoms with E-state index >= 15 is 0 Å². The maximum absolute atomic E-state index is 5.82. The van der Waals surface area contributed by atoms with Crippen molar-refractivity contribution in [1.29, 1.82) is 0 Å². The van der Waals surface area contributed by atoms with Crippen molar-refractivity contribution in [3.8, 4) is 0 Å². The van der Waals surface area contributed by atoms with Crippen molar-refractivity contribution in [1.82, 2.24) is 4.90 Å². The molecular weight excluding hydrogens is 220 g/mol. The molecule has 2 heteroatoms. The maximum atomic E-state index is 5.82. The zero-order valence-electron chi connectivity index (χ0n) is 11.1. The standard InChI is InChI=1S/C16H24N2/c17-11-13-9-10-18(12-13)16-8-4-2-6-14-5-1-3-7-15(14)16/h1,3,5,7,13,16H,2,4,6,8-12,17H2. The number of hydrogen-bond acceptors (Lipinski definition) is 2. The lowest BCUT2D eigenvalue weighted by Gasteiger charge is -2.28. The molecule has 0 saturated carbocycles. The summed E-state index contributed by atoms with van der Waals surface area (Å²) in [5, 5.41) is 0. The fourth-order valence-electron chi connectivity index (χ4n) is 3.61. The molecule has 0 amide bonds. The first-order valence-electron chi connectivity index (χ1n) is 7.40. The van der Waals surface area contributed by atoms with Gasteiger partial charge in [0.15, 0.2) is 0 Å². The predicted molar refractivity (Wildman–Crippen MR) is 75.5 cm³/mol. The second-order valence-electron chi connectivity index (χ2n) is 5.85. The van der Waals surface area contributed by atoms with Gasteiger partial charge < -0.3 is 5.73 Å². The van der Waals surface area contributed by atoms with Crippen molar-refractivity contribution >= 4 is 0 Å². The number of likely N-dealkylation sites (tertiary alicyclic amines) is 1. The zero-order valence-corrected chi connectivity index (χ0v) is 11.1. The minimum absolute atomic E-state index is 0.653. The fraction of sp³-hybridized carbons (Fsp3) is 0.625. The van der Waals surface area contributed by atoms with E-state index in [1.807, 2.05) is 0 Å². The van der Waals surface area contributed by atoms with Crippen LogP contribution >= 0.6 is 0 Å². The van der Waals surface area contributed by atoms with Crippen LogP contribution in [0.1, 0.15) is 42.9 Å². The van der Waals surface area contributed by atoms with E-state index in [-0.39, 0.29) is 0 Å². The molecule has 2 atom stereocenters. The average Bonchev–Trinajstić information content (AvgIpc) is 2.78. The Labute approximate surface area is 110 Å². The molecule has 1 aromatic rings. The molecule has 18 heavy (non-hydrogen) atoms. The van der Waals surface area contributed by atoms with E-state index < -0.39 is 0 Å². The van der Waals surface area contributed by atoms with Gasteiger partial charge in [0.1, 0.15) is 0 Å². The van der Waals surface area contributed by atoms with Crippen LogP contribution < -0.4 is 5.73 Å². The summed E-state index contributed by atoms with van der Waals surface area (Å²) in [4.78, 5) is 2.68. The molecule has 2 N–H and O–H groups in total. The van der Waals surface area contributed by atoms with Crippen LogP contribution in [0.3, 0.4) is 0 Å². The number of benzene rings is 1. The van der Waals surface area contributed by atoms with Crippen molar-refractivity contribution in [2.45, 2.75) is 38.1 Å². The third-order valence-corrected chi connectivity index (χ3v) is 4.68. The van der Waals surface area contributed by atoms with Gasteiger partial charge in [-0.3, -0.25) is 4.90 Å². The van der Waals surface area contributed by atoms with Gasteiger partial charge in [-0.05, 0) is 55.8 Å². The lowest BCUT2D eigenvalue weighted by Crippen LogP contribution is -2.28. The molecule has 2 aliphatic rings. The van der Waals surface area contributed by atoms with Crippen molar-refractivity contribution in [3.63, 3.8) is 0 Å². The molecule has 98 valence electrons. The van der Waals surface area contributed by atoms with Crippen molar-refractivity contribution < 1.29 is 0 Å². The van der Waals surface area contributed by atoms with Crippen LogP contribution in [0.5, 0.6) is 0 Å². The van der Waals surface area contributed by atoms with Gasteiger partial charge in [-0.15, -0.1) is 0 Å². The van der Waals surface area contributed by atoms with Gasteiger partial charge >= 0.3 is 0 Å². The molecule has 3 rings (SSSR count). The lowest BCUT2D eigenvalue weighted by atomic mass is 9.98. The number of nitrogens with zero attached hydrogens (tertiary/aromatic N) is 1. The first-order chi connectivity index (χ1) is 8.88. The van der Waals surface area contributed by atoms with Gasteiger partial charge in [-0.25, -0.2) is 0 Å². The molecule has 1 aliphatic carbocycles. The number of nitrogens with two attached hydrogens (primary N) is 1. The largest absolute Gasteiger partial charge is 0.330 e. The summed E-state index contributed by atoms with van der Waals surface area (Å²) in [6, 6.07) is 9.72. The fourth-order valence-corrected chi connectivity index (χ4v) is 3.61. The summed E-state index contributed by atoms with van der Waals surface area (Å²) in [7, 11) is 0. The summed E-state index contributed by atoms with van der Waals surface area (Å²) < 4.78 is 0. The van der Waals surface area contributed by atoms with E-state index in [9.17, 15) is 0 Å². The summed E-state index contributed by atoms with van der Waals surface area (Å²) in [5.74, 6) is 0.723. The van der Waals surface area contributed by atoms with Gasteiger partial charge in [-0.2, -0.15) is 0 Å². The molecular formula is C16H24N2. The molecule has 1 heterocycles. The first kappa shape index (κ1) is 12.2. The predicted octanol–water partition coefficient (Wildman–Crippen LogP) is 2.73. The Hall–Kier alpha value is -0.860. The average molecular weight is 244 g/mol. The highest BCUT2D eigenvalue weighted by molar-refractivity contribution is 5.31. The maximum Gasteiger partial charge on any atom is 0.0350 e. The van der Waals surface area contributed by atoms with Gasteiger partial charge in [0.25, 0.3) is 0 Å². The van der Waals surface area contributed by atoms with E-state index in [0.29, 0.717) is 6.04 Å². The monoisotopic (exact) mass is 244 g/mol. The Balaban J connectivity index is 1.83. The molecule has 1 fully saturated rings. The molecule has 0 radical (unpaired) electrons. The van der Waals surface area contributed by atoms with Crippen LogP contribution in [0.25, 0.3) is 0 Å². The van der Waals surface area contributed by atoms with Crippen molar-refractivity contribution in [2.24, 2.45) is 11.7 Å². The Kier molecular flexibility index (Phi) is 3.67. The normalized spacial score (nSPS) is 28.9. The van der Waals surface area contributed by atoms with E-state index in [1.54, 1.807) is 11.1 Å². The van der Waals surface area contributed by atoms with Crippen LogP contribution in [-0.2, 0) is 6.42 Å². The van der Waals surface area contributed by atoms with Crippen LogP contribution in [0, 0.1) is 5.92 Å². The Bertz CT molecular complexity index is 402. The second kappa shape index (κ2) is 5.41. The van der Waals surface area contributed by atoms with Crippen LogP contribution in [0.4, 0.5) is 0 Å². The molecule has 0 spiro atoms. The van der Waals surface area contributed by atoms with Gasteiger partial charge in [-0.1, -0.05) is 30.7 Å². The molecule has 0 bridgehead atoms. The minimum atomic E-state index is 0.653. The quantitative estimate of drug-likeness (QED) is 0.811.